The summed E-state index contributed by atoms with van der Waals surface area (Å²) in [5.41, 5.74) is 0. The number of Topliss-reactive ketones (excluding diaryl/α,β-unsaturated/α-hetero) is 1. The van der Waals surface area contributed by atoms with Gasteiger partial charge in [0, 0.05) is 12.3 Å². The van der Waals surface area contributed by atoms with Crippen LogP contribution < -0.4 is 0 Å². The van der Waals surface area contributed by atoms with E-state index in [0.29, 0.717) is 0 Å². The number of carboxylic acids is 2. The second-order valence-electron chi connectivity index (χ2n) is 2.71. The van der Waals surface area contributed by atoms with Crippen molar-refractivity contribution in [3.05, 3.63) is 0 Å². The molecular weight excluding hydrogens is 176 g/mol. The summed E-state index contributed by atoms with van der Waals surface area (Å²) in [4.78, 5) is 31.6. The van der Waals surface area contributed by atoms with Crippen LogP contribution in [0.2, 0.25) is 0 Å². The minimum absolute atomic E-state index is 0.172. The summed E-state index contributed by atoms with van der Waals surface area (Å²) >= 11 is 0. The van der Waals surface area contributed by atoms with E-state index in [1.54, 1.807) is 6.92 Å². The predicted molar refractivity (Wildman–Crippen MR) is 43.3 cm³/mol. The van der Waals surface area contributed by atoms with Gasteiger partial charge in [0.2, 0.25) is 0 Å². The van der Waals surface area contributed by atoms with Gasteiger partial charge in [-0.25, -0.2) is 0 Å². The molecule has 0 aliphatic heterocycles. The van der Waals surface area contributed by atoms with Crippen molar-refractivity contribution in [2.24, 2.45) is 5.92 Å². The Morgan fingerprint density at radius 2 is 1.46 bits per heavy atom. The summed E-state index contributed by atoms with van der Waals surface area (Å²) in [7, 11) is 0. The molecule has 0 aliphatic rings. The zero-order chi connectivity index (χ0) is 10.4. The molecule has 13 heavy (non-hydrogen) atoms. The van der Waals surface area contributed by atoms with Crippen LogP contribution in [-0.4, -0.2) is 27.9 Å². The van der Waals surface area contributed by atoms with Crippen molar-refractivity contribution in [1.29, 1.82) is 0 Å². The van der Waals surface area contributed by atoms with Gasteiger partial charge in [0.05, 0.1) is 12.8 Å². The third-order valence-corrected chi connectivity index (χ3v) is 1.65. The summed E-state index contributed by atoms with van der Waals surface area (Å²) in [6, 6.07) is 0. The molecule has 5 heteroatoms. The number of rotatable bonds is 6. The molecule has 0 aromatic rings. The second-order valence-corrected chi connectivity index (χ2v) is 2.71. The van der Waals surface area contributed by atoms with Crippen molar-refractivity contribution in [1.82, 2.24) is 0 Å². The lowest BCUT2D eigenvalue weighted by molar-refractivity contribution is -0.144. The van der Waals surface area contributed by atoms with Crippen molar-refractivity contribution in [3.8, 4) is 0 Å². The zero-order valence-electron chi connectivity index (χ0n) is 7.32. The van der Waals surface area contributed by atoms with Crippen molar-refractivity contribution in [2.75, 3.05) is 0 Å². The molecule has 74 valence electrons. The van der Waals surface area contributed by atoms with Crippen LogP contribution in [0.4, 0.5) is 0 Å². The molecule has 0 atom stereocenters. The van der Waals surface area contributed by atoms with Crippen LogP contribution in [0.15, 0.2) is 0 Å². The third kappa shape index (κ3) is 4.95. The fourth-order valence-corrected chi connectivity index (χ4v) is 1.01. The first-order valence-electron chi connectivity index (χ1n) is 3.93. The van der Waals surface area contributed by atoms with E-state index in [2.05, 4.69) is 0 Å². The molecule has 0 radical (unpaired) electrons. The first kappa shape index (κ1) is 11.6. The molecule has 0 rings (SSSR count). The molecule has 0 fully saturated rings. The first-order chi connectivity index (χ1) is 5.97. The molecular formula is C8H12O5. The van der Waals surface area contributed by atoms with E-state index < -0.39 is 30.7 Å². The normalized spacial score (nSPS) is 10.0. The van der Waals surface area contributed by atoms with Crippen molar-refractivity contribution >= 4 is 17.7 Å². The maximum Gasteiger partial charge on any atom is 0.304 e. The Bertz CT molecular complexity index is 205. The minimum atomic E-state index is -1.15. The van der Waals surface area contributed by atoms with Gasteiger partial charge >= 0.3 is 11.9 Å². The van der Waals surface area contributed by atoms with Gasteiger partial charge in [-0.15, -0.1) is 0 Å². The number of carboxylic acid groups (broad SMARTS) is 2. The van der Waals surface area contributed by atoms with E-state index >= 15 is 0 Å². The molecule has 0 saturated heterocycles. The molecule has 0 saturated carbocycles. The summed E-state index contributed by atoms with van der Waals surface area (Å²) in [6.45, 7) is 1.58. The van der Waals surface area contributed by atoms with Crippen LogP contribution in [-0.2, 0) is 14.4 Å². The molecule has 0 heterocycles. The van der Waals surface area contributed by atoms with Gasteiger partial charge < -0.3 is 10.2 Å². The lowest BCUT2D eigenvalue weighted by Crippen LogP contribution is -2.20. The Labute approximate surface area is 75.4 Å². The highest BCUT2D eigenvalue weighted by Crippen LogP contribution is 2.12. The average Bonchev–Trinajstić information content (AvgIpc) is 2.00. The van der Waals surface area contributed by atoms with Crippen LogP contribution in [0.1, 0.15) is 26.2 Å². The zero-order valence-corrected chi connectivity index (χ0v) is 7.32. The number of hydrogen-bond acceptors (Lipinski definition) is 3. The fourth-order valence-electron chi connectivity index (χ4n) is 1.01. The van der Waals surface area contributed by atoms with Crippen molar-refractivity contribution < 1.29 is 24.6 Å². The maximum atomic E-state index is 11.1. The molecule has 0 bridgehead atoms. The Morgan fingerprint density at radius 3 is 1.69 bits per heavy atom. The maximum absolute atomic E-state index is 11.1. The van der Waals surface area contributed by atoms with Gasteiger partial charge in [-0.2, -0.15) is 0 Å². The molecule has 0 aromatic heterocycles. The van der Waals surface area contributed by atoms with E-state index in [9.17, 15) is 14.4 Å². The molecule has 0 amide bonds. The van der Waals surface area contributed by atoms with E-state index in [-0.39, 0.29) is 12.2 Å². The monoisotopic (exact) mass is 188 g/mol. The Kier molecular flexibility index (Phi) is 4.72. The highest BCUT2D eigenvalue weighted by Gasteiger charge is 2.22. The van der Waals surface area contributed by atoms with Crippen molar-refractivity contribution in [2.45, 2.75) is 26.2 Å². The topological polar surface area (TPSA) is 91.7 Å². The summed E-state index contributed by atoms with van der Waals surface area (Å²) in [5.74, 6) is -3.49. The Morgan fingerprint density at radius 1 is 1.08 bits per heavy atom. The van der Waals surface area contributed by atoms with Crippen LogP contribution >= 0.6 is 0 Å². The molecule has 0 aliphatic carbocycles. The third-order valence-electron chi connectivity index (χ3n) is 1.65. The highest BCUT2D eigenvalue weighted by molar-refractivity contribution is 5.87. The summed E-state index contributed by atoms with van der Waals surface area (Å²) < 4.78 is 0. The smallest absolute Gasteiger partial charge is 0.304 e. The van der Waals surface area contributed by atoms with Gasteiger partial charge in [0.15, 0.2) is 0 Å². The standard InChI is InChI=1S/C8H12O5/c1-2-6(9)5(3-7(10)11)4-8(12)13/h5H,2-4H2,1H3,(H,10,11)(H,12,13). The fraction of sp³-hybridized carbons (Fsp3) is 0.625. The number of carbonyl (C=O) groups excluding carboxylic acids is 1. The number of hydrogen-bond donors (Lipinski definition) is 2. The Balaban J connectivity index is 4.26. The molecule has 5 nitrogen and oxygen atoms in total. The van der Waals surface area contributed by atoms with Gasteiger partial charge in [-0.05, 0) is 0 Å². The molecule has 0 aromatic carbocycles. The van der Waals surface area contributed by atoms with Gasteiger partial charge in [-0.1, -0.05) is 6.92 Å². The second kappa shape index (κ2) is 5.29. The summed E-state index contributed by atoms with van der Waals surface area (Å²) in [6.07, 6.45) is -0.636. The van der Waals surface area contributed by atoms with Crippen molar-refractivity contribution in [3.63, 3.8) is 0 Å². The van der Waals surface area contributed by atoms with E-state index in [4.69, 9.17) is 10.2 Å². The Hall–Kier alpha value is -1.39. The summed E-state index contributed by atoms with van der Waals surface area (Å²) in [5, 5.41) is 16.8. The quantitative estimate of drug-likeness (QED) is 0.634. The van der Waals surface area contributed by atoms with Crippen LogP contribution in [0.25, 0.3) is 0 Å². The number of aliphatic carboxylic acids is 2. The largest absolute Gasteiger partial charge is 0.481 e. The van der Waals surface area contributed by atoms with Crippen LogP contribution in [0.3, 0.4) is 0 Å². The first-order valence-corrected chi connectivity index (χ1v) is 3.93. The number of carbonyl (C=O) groups is 3. The molecule has 2 N–H and O–H groups in total. The van der Waals surface area contributed by atoms with Crippen LogP contribution in [0, 0.1) is 5.92 Å². The molecule has 0 spiro atoms. The van der Waals surface area contributed by atoms with Gasteiger partial charge in [0.25, 0.3) is 0 Å². The minimum Gasteiger partial charge on any atom is -0.481 e. The van der Waals surface area contributed by atoms with Gasteiger partial charge in [0.1, 0.15) is 5.78 Å². The lowest BCUT2D eigenvalue weighted by Gasteiger charge is -2.08. The SMILES string of the molecule is CCC(=O)C(CC(=O)O)CC(=O)O. The van der Waals surface area contributed by atoms with Crippen LogP contribution in [0.5, 0.6) is 0 Å². The molecule has 0 unspecified atom stereocenters. The number of ketones is 1. The predicted octanol–water partition coefficient (Wildman–Crippen LogP) is 0.531. The lowest BCUT2D eigenvalue weighted by atomic mass is 9.95. The van der Waals surface area contributed by atoms with E-state index in [1.165, 1.54) is 0 Å². The average molecular weight is 188 g/mol. The van der Waals surface area contributed by atoms with Gasteiger partial charge in [-0.3, -0.25) is 14.4 Å². The van der Waals surface area contributed by atoms with E-state index in [0.717, 1.165) is 0 Å². The highest BCUT2D eigenvalue weighted by atomic mass is 16.4. The van der Waals surface area contributed by atoms with E-state index in [1.807, 2.05) is 0 Å².